The molecule has 2 rings (SSSR count). The Bertz CT molecular complexity index is 641. The maximum atomic E-state index is 13.6. The Morgan fingerprint density at radius 1 is 1.40 bits per heavy atom. The minimum atomic E-state index is -1.18. The summed E-state index contributed by atoms with van der Waals surface area (Å²) in [4.78, 5) is 11.0. The number of aromatic nitrogens is 3. The Kier molecular flexibility index (Phi) is 4.07. The minimum absolute atomic E-state index is 0.0563. The summed E-state index contributed by atoms with van der Waals surface area (Å²) in [6.07, 6.45) is 1.14. The van der Waals surface area contributed by atoms with Gasteiger partial charge < -0.3 is 5.11 Å². The summed E-state index contributed by atoms with van der Waals surface area (Å²) in [7, 11) is 0. The van der Waals surface area contributed by atoms with Crippen molar-refractivity contribution in [3.8, 4) is 0 Å². The molecule has 0 bridgehead atoms. The van der Waals surface area contributed by atoms with Crippen LogP contribution in [0.1, 0.15) is 35.1 Å². The molecule has 5 nitrogen and oxygen atoms in total. The number of hydrogen-bond acceptors (Lipinski definition) is 3. The third-order valence-corrected chi connectivity index (χ3v) is 2.85. The molecule has 0 aliphatic carbocycles. The van der Waals surface area contributed by atoms with Crippen LogP contribution in [0, 0.1) is 11.6 Å². The summed E-state index contributed by atoms with van der Waals surface area (Å²) >= 11 is 0. The topological polar surface area (TPSA) is 68.0 Å². The zero-order valence-corrected chi connectivity index (χ0v) is 10.8. The van der Waals surface area contributed by atoms with Crippen LogP contribution in [-0.2, 0) is 13.0 Å². The van der Waals surface area contributed by atoms with Crippen LogP contribution < -0.4 is 0 Å². The lowest BCUT2D eigenvalue weighted by Gasteiger charge is -2.07. The van der Waals surface area contributed by atoms with Crippen molar-refractivity contribution in [2.75, 3.05) is 0 Å². The van der Waals surface area contributed by atoms with Crippen molar-refractivity contribution >= 4 is 5.97 Å². The predicted molar refractivity (Wildman–Crippen MR) is 66.4 cm³/mol. The lowest BCUT2D eigenvalue weighted by molar-refractivity contribution is 0.0689. The third kappa shape index (κ3) is 2.81. The zero-order valence-electron chi connectivity index (χ0n) is 10.8. The van der Waals surface area contributed by atoms with E-state index in [9.17, 15) is 13.6 Å². The number of nitrogens with zero attached hydrogens (tertiary/aromatic N) is 3. The lowest BCUT2D eigenvalue weighted by Crippen LogP contribution is -2.10. The van der Waals surface area contributed by atoms with Gasteiger partial charge in [0.15, 0.2) is 5.69 Å². The summed E-state index contributed by atoms with van der Waals surface area (Å²) in [6, 6.07) is 3.11. The number of benzene rings is 1. The number of halogens is 2. The fraction of sp³-hybridized carbons (Fsp3) is 0.308. The van der Waals surface area contributed by atoms with E-state index in [1.165, 1.54) is 4.68 Å². The highest BCUT2D eigenvalue weighted by molar-refractivity contribution is 5.86. The van der Waals surface area contributed by atoms with Crippen molar-refractivity contribution in [2.24, 2.45) is 0 Å². The molecule has 0 saturated heterocycles. The quantitative estimate of drug-likeness (QED) is 0.912. The first-order valence-corrected chi connectivity index (χ1v) is 6.12. The SMILES string of the molecule is CCCc1c(C(=O)O)nnn1Cc1cc(F)ccc1F. The van der Waals surface area contributed by atoms with Crippen LogP contribution >= 0.6 is 0 Å². The van der Waals surface area contributed by atoms with Gasteiger partial charge in [-0.15, -0.1) is 5.10 Å². The maximum absolute atomic E-state index is 13.6. The third-order valence-electron chi connectivity index (χ3n) is 2.85. The van der Waals surface area contributed by atoms with E-state index in [1.807, 2.05) is 6.92 Å². The van der Waals surface area contributed by atoms with E-state index in [2.05, 4.69) is 10.3 Å². The molecule has 0 amide bonds. The summed E-state index contributed by atoms with van der Waals surface area (Å²) < 4.78 is 28.0. The number of hydrogen-bond donors (Lipinski definition) is 1. The summed E-state index contributed by atoms with van der Waals surface area (Å²) in [6.45, 7) is 1.82. The summed E-state index contributed by atoms with van der Waals surface area (Å²) in [5.74, 6) is -2.31. The van der Waals surface area contributed by atoms with Crippen molar-refractivity contribution in [3.63, 3.8) is 0 Å². The molecule has 1 N–H and O–H groups in total. The number of carboxylic acids is 1. The van der Waals surface area contributed by atoms with Crippen LogP contribution in [0.15, 0.2) is 18.2 Å². The van der Waals surface area contributed by atoms with Gasteiger partial charge in [-0.05, 0) is 24.6 Å². The van der Waals surface area contributed by atoms with E-state index in [-0.39, 0.29) is 17.8 Å². The van der Waals surface area contributed by atoms with Crippen LogP contribution in [-0.4, -0.2) is 26.1 Å². The normalized spacial score (nSPS) is 10.8. The Labute approximate surface area is 113 Å². The Hall–Kier alpha value is -2.31. The Morgan fingerprint density at radius 3 is 2.80 bits per heavy atom. The van der Waals surface area contributed by atoms with Crippen LogP contribution in [0.4, 0.5) is 8.78 Å². The van der Waals surface area contributed by atoms with Crippen molar-refractivity contribution in [3.05, 3.63) is 46.8 Å². The summed E-state index contributed by atoms with van der Waals surface area (Å²) in [5, 5.41) is 16.3. The van der Waals surface area contributed by atoms with Gasteiger partial charge in [-0.25, -0.2) is 18.3 Å². The minimum Gasteiger partial charge on any atom is -0.476 e. The molecule has 0 saturated carbocycles. The molecular weight excluding hydrogens is 268 g/mol. The van der Waals surface area contributed by atoms with E-state index in [0.29, 0.717) is 18.5 Å². The molecule has 0 spiro atoms. The van der Waals surface area contributed by atoms with E-state index in [0.717, 1.165) is 18.2 Å². The lowest BCUT2D eigenvalue weighted by atomic mass is 10.1. The van der Waals surface area contributed by atoms with Gasteiger partial charge in [0, 0.05) is 5.56 Å². The van der Waals surface area contributed by atoms with Crippen LogP contribution in [0.3, 0.4) is 0 Å². The molecule has 1 heterocycles. The first kappa shape index (κ1) is 14.1. The molecule has 0 aliphatic heterocycles. The monoisotopic (exact) mass is 281 g/mol. The summed E-state index contributed by atoms with van der Waals surface area (Å²) in [5.41, 5.74) is 0.358. The highest BCUT2D eigenvalue weighted by Crippen LogP contribution is 2.15. The maximum Gasteiger partial charge on any atom is 0.358 e. The molecule has 0 aliphatic rings. The Balaban J connectivity index is 2.38. The fourth-order valence-corrected chi connectivity index (χ4v) is 1.94. The van der Waals surface area contributed by atoms with Crippen LogP contribution in [0.2, 0.25) is 0 Å². The fourth-order valence-electron chi connectivity index (χ4n) is 1.94. The van der Waals surface area contributed by atoms with Crippen LogP contribution in [0.25, 0.3) is 0 Å². The Morgan fingerprint density at radius 2 is 2.15 bits per heavy atom. The van der Waals surface area contributed by atoms with Crippen molar-refractivity contribution in [1.29, 1.82) is 0 Å². The first-order chi connectivity index (χ1) is 9.52. The second kappa shape index (κ2) is 5.77. The smallest absolute Gasteiger partial charge is 0.358 e. The van der Waals surface area contributed by atoms with Gasteiger partial charge in [-0.2, -0.15) is 0 Å². The molecular formula is C13H13F2N3O2. The van der Waals surface area contributed by atoms with Gasteiger partial charge in [0.2, 0.25) is 0 Å². The standard InChI is InChI=1S/C13H13F2N3O2/c1-2-3-11-12(13(19)20)16-17-18(11)7-8-6-9(14)4-5-10(8)15/h4-6H,2-3,7H2,1H3,(H,19,20). The highest BCUT2D eigenvalue weighted by Gasteiger charge is 2.19. The average Bonchev–Trinajstić information content (AvgIpc) is 2.78. The second-order valence-corrected chi connectivity index (χ2v) is 4.33. The van der Waals surface area contributed by atoms with E-state index < -0.39 is 17.6 Å². The predicted octanol–water partition coefficient (Wildman–Crippen LogP) is 2.26. The number of carbonyl (C=O) groups is 1. The molecule has 0 unspecified atom stereocenters. The van der Waals surface area contributed by atoms with E-state index in [1.54, 1.807) is 0 Å². The second-order valence-electron chi connectivity index (χ2n) is 4.33. The van der Waals surface area contributed by atoms with Gasteiger partial charge >= 0.3 is 5.97 Å². The highest BCUT2D eigenvalue weighted by atomic mass is 19.1. The average molecular weight is 281 g/mol. The number of aromatic carboxylic acids is 1. The van der Waals surface area contributed by atoms with Gasteiger partial charge in [0.1, 0.15) is 11.6 Å². The molecule has 0 atom stereocenters. The molecule has 2 aromatic rings. The van der Waals surface area contributed by atoms with Gasteiger partial charge in [0.25, 0.3) is 0 Å². The number of carboxylic acid groups (broad SMARTS) is 1. The zero-order chi connectivity index (χ0) is 14.7. The van der Waals surface area contributed by atoms with E-state index in [4.69, 9.17) is 5.11 Å². The molecule has 20 heavy (non-hydrogen) atoms. The van der Waals surface area contributed by atoms with Crippen molar-refractivity contribution < 1.29 is 18.7 Å². The van der Waals surface area contributed by atoms with Crippen LogP contribution in [0.5, 0.6) is 0 Å². The number of rotatable bonds is 5. The van der Waals surface area contributed by atoms with Gasteiger partial charge in [0.05, 0.1) is 12.2 Å². The van der Waals surface area contributed by atoms with Gasteiger partial charge in [-0.1, -0.05) is 18.6 Å². The first-order valence-electron chi connectivity index (χ1n) is 6.12. The molecule has 1 aromatic heterocycles. The molecule has 1 aromatic carbocycles. The molecule has 106 valence electrons. The molecule has 0 radical (unpaired) electrons. The van der Waals surface area contributed by atoms with Gasteiger partial charge in [-0.3, -0.25) is 0 Å². The van der Waals surface area contributed by atoms with Crippen molar-refractivity contribution in [2.45, 2.75) is 26.3 Å². The van der Waals surface area contributed by atoms with E-state index >= 15 is 0 Å². The largest absolute Gasteiger partial charge is 0.476 e. The molecule has 0 fully saturated rings. The van der Waals surface area contributed by atoms with Crippen molar-refractivity contribution in [1.82, 2.24) is 15.0 Å². The molecule has 7 heteroatoms.